The van der Waals surface area contributed by atoms with Gasteiger partial charge in [0.25, 0.3) is 0 Å². The van der Waals surface area contributed by atoms with Crippen LogP contribution in [0.25, 0.3) is 6.08 Å². The standard InChI is InChI=1S/C36H28N2O4/c1-2-22-42-29-19-11-8-16-26(29)33(40)30-31(32(39)24-13-4-3-5-14-24)38-21-20-23-12-6-7-15-25(23)34(38)36(30)27-17-9-10-18-28(27)37-35(36)41/h2-21,30-31,34H,1,22H2,(H,37,41)/t30-,31+,34-,36-/m0/s1. The van der Waals surface area contributed by atoms with Crippen LogP contribution in [0, 0.1) is 5.92 Å². The molecule has 4 aromatic carbocycles. The first-order valence-corrected chi connectivity index (χ1v) is 14.0. The van der Waals surface area contributed by atoms with Gasteiger partial charge < -0.3 is 15.0 Å². The highest BCUT2D eigenvalue weighted by Gasteiger charge is 2.70. The quantitative estimate of drug-likeness (QED) is 0.217. The third-order valence-electron chi connectivity index (χ3n) is 8.69. The number of nitrogens with one attached hydrogen (secondary N) is 1. The van der Waals surface area contributed by atoms with E-state index in [1.54, 1.807) is 42.5 Å². The van der Waals surface area contributed by atoms with E-state index < -0.39 is 23.4 Å². The molecule has 1 N–H and O–H groups in total. The topological polar surface area (TPSA) is 75.7 Å². The number of para-hydroxylation sites is 2. The van der Waals surface area contributed by atoms with E-state index in [9.17, 15) is 9.59 Å². The van der Waals surface area contributed by atoms with Gasteiger partial charge in [0.1, 0.15) is 23.8 Å². The van der Waals surface area contributed by atoms with Crippen LogP contribution in [0.5, 0.6) is 5.75 Å². The molecule has 0 aromatic heterocycles. The average molecular weight is 553 g/mol. The SMILES string of the molecule is C=CCOc1ccccc1C(=O)[C@@H]1[C@H](C(=O)c2ccccc2)N2C=Cc3ccccc3[C@H]2[C@@]12C(=O)Nc1ccccc12. The minimum absolute atomic E-state index is 0.209. The van der Waals surface area contributed by atoms with Crippen molar-refractivity contribution in [2.45, 2.75) is 17.5 Å². The van der Waals surface area contributed by atoms with Crippen molar-refractivity contribution in [2.24, 2.45) is 5.92 Å². The van der Waals surface area contributed by atoms with E-state index in [0.717, 1.165) is 11.1 Å². The van der Waals surface area contributed by atoms with Crippen LogP contribution in [0.4, 0.5) is 5.69 Å². The molecule has 6 heteroatoms. The Morgan fingerprint density at radius 2 is 1.60 bits per heavy atom. The van der Waals surface area contributed by atoms with E-state index in [1.807, 2.05) is 83.9 Å². The van der Waals surface area contributed by atoms with Gasteiger partial charge in [0.15, 0.2) is 11.6 Å². The molecule has 1 fully saturated rings. The van der Waals surface area contributed by atoms with E-state index >= 15 is 4.79 Å². The largest absolute Gasteiger partial charge is 0.489 e. The third kappa shape index (κ3) is 3.61. The lowest BCUT2D eigenvalue weighted by atomic mass is 9.62. The highest BCUT2D eigenvalue weighted by atomic mass is 16.5. The first kappa shape index (κ1) is 25.7. The van der Waals surface area contributed by atoms with Gasteiger partial charge in [-0.2, -0.15) is 0 Å². The molecule has 1 amide bonds. The maximum absolute atomic E-state index is 15.1. The Bertz CT molecular complexity index is 1780. The normalized spacial score (nSPS) is 23.1. The molecule has 6 nitrogen and oxygen atoms in total. The van der Waals surface area contributed by atoms with E-state index in [0.29, 0.717) is 28.1 Å². The lowest BCUT2D eigenvalue weighted by molar-refractivity contribution is -0.122. The van der Waals surface area contributed by atoms with Crippen molar-refractivity contribution in [3.63, 3.8) is 0 Å². The molecule has 3 aliphatic heterocycles. The van der Waals surface area contributed by atoms with Crippen LogP contribution in [-0.4, -0.2) is 35.0 Å². The highest BCUT2D eigenvalue weighted by molar-refractivity contribution is 6.17. The molecule has 0 radical (unpaired) electrons. The van der Waals surface area contributed by atoms with Crippen molar-refractivity contribution in [2.75, 3.05) is 11.9 Å². The predicted molar refractivity (Wildman–Crippen MR) is 161 cm³/mol. The number of anilines is 1. The van der Waals surface area contributed by atoms with Crippen molar-refractivity contribution >= 4 is 29.2 Å². The fourth-order valence-corrected chi connectivity index (χ4v) is 7.05. The summed E-state index contributed by atoms with van der Waals surface area (Å²) in [6.07, 6.45) is 5.45. The van der Waals surface area contributed by atoms with Gasteiger partial charge in [-0.3, -0.25) is 14.4 Å². The minimum atomic E-state index is -1.39. The number of Topliss-reactive ketones (excluding diaryl/α,β-unsaturated/α-hetero) is 2. The molecule has 4 atom stereocenters. The summed E-state index contributed by atoms with van der Waals surface area (Å²) < 4.78 is 5.92. The van der Waals surface area contributed by atoms with Crippen molar-refractivity contribution in [1.29, 1.82) is 0 Å². The zero-order valence-corrected chi connectivity index (χ0v) is 22.8. The Morgan fingerprint density at radius 3 is 2.43 bits per heavy atom. The number of carbonyl (C=O) groups is 3. The smallest absolute Gasteiger partial charge is 0.238 e. The number of ether oxygens (including phenoxy) is 1. The summed E-state index contributed by atoms with van der Waals surface area (Å²) in [6, 6.07) is 29.8. The molecular formula is C36H28N2O4. The van der Waals surface area contributed by atoms with Crippen LogP contribution in [0.15, 0.2) is 122 Å². The molecule has 0 saturated carbocycles. The second-order valence-corrected chi connectivity index (χ2v) is 10.8. The van der Waals surface area contributed by atoms with Crippen LogP contribution < -0.4 is 10.1 Å². The van der Waals surface area contributed by atoms with Gasteiger partial charge in [0.2, 0.25) is 5.91 Å². The number of hydrogen-bond acceptors (Lipinski definition) is 5. The van der Waals surface area contributed by atoms with E-state index in [1.165, 1.54) is 0 Å². The summed E-state index contributed by atoms with van der Waals surface area (Å²) in [4.78, 5) is 46.1. The first-order valence-electron chi connectivity index (χ1n) is 14.0. The zero-order valence-electron chi connectivity index (χ0n) is 22.8. The molecule has 1 saturated heterocycles. The lowest BCUT2D eigenvalue weighted by Gasteiger charge is -2.38. The number of rotatable bonds is 7. The molecular weight excluding hydrogens is 524 g/mol. The summed E-state index contributed by atoms with van der Waals surface area (Å²) in [5.41, 5.74) is 2.61. The third-order valence-corrected chi connectivity index (χ3v) is 8.69. The van der Waals surface area contributed by atoms with Crippen LogP contribution in [0.2, 0.25) is 0 Å². The molecule has 0 bridgehead atoms. The maximum atomic E-state index is 15.1. The molecule has 206 valence electrons. The van der Waals surface area contributed by atoms with Gasteiger partial charge in [-0.05, 0) is 41.0 Å². The minimum Gasteiger partial charge on any atom is -0.489 e. The fourth-order valence-electron chi connectivity index (χ4n) is 7.05. The Labute approximate surface area is 243 Å². The molecule has 4 aromatic rings. The van der Waals surface area contributed by atoms with Crippen molar-refractivity contribution in [3.8, 4) is 5.75 Å². The Balaban J connectivity index is 1.53. The second kappa shape index (κ2) is 10.00. The summed E-state index contributed by atoms with van der Waals surface area (Å²) in [5, 5.41) is 3.08. The highest BCUT2D eigenvalue weighted by Crippen LogP contribution is 2.62. The number of carbonyl (C=O) groups excluding carboxylic acids is 3. The zero-order chi connectivity index (χ0) is 28.8. The van der Waals surface area contributed by atoms with Crippen LogP contribution in [-0.2, 0) is 10.2 Å². The molecule has 3 aliphatic rings. The number of fused-ring (bicyclic) bond motifs is 6. The van der Waals surface area contributed by atoms with Crippen molar-refractivity contribution < 1.29 is 19.1 Å². The van der Waals surface area contributed by atoms with E-state index in [2.05, 4.69) is 11.9 Å². The maximum Gasteiger partial charge on any atom is 0.238 e. The summed E-state index contributed by atoms with van der Waals surface area (Å²) >= 11 is 0. The monoisotopic (exact) mass is 552 g/mol. The molecule has 7 rings (SSSR count). The molecule has 42 heavy (non-hydrogen) atoms. The van der Waals surface area contributed by atoms with Gasteiger partial charge in [-0.15, -0.1) is 0 Å². The lowest BCUT2D eigenvalue weighted by Crippen LogP contribution is -2.49. The Morgan fingerprint density at radius 1 is 0.881 bits per heavy atom. The number of hydrogen-bond donors (Lipinski definition) is 1. The number of nitrogens with zero attached hydrogens (tertiary/aromatic N) is 1. The molecule has 0 unspecified atom stereocenters. The van der Waals surface area contributed by atoms with Gasteiger partial charge >= 0.3 is 0 Å². The summed E-state index contributed by atoms with van der Waals surface area (Å²) in [6.45, 7) is 3.95. The van der Waals surface area contributed by atoms with Crippen LogP contribution in [0.1, 0.15) is 43.4 Å². The molecule has 3 heterocycles. The first-order chi connectivity index (χ1) is 20.6. The molecule has 1 spiro atoms. The number of amides is 1. The Hall–Kier alpha value is -5.23. The van der Waals surface area contributed by atoms with E-state index in [4.69, 9.17) is 4.74 Å². The average Bonchev–Trinajstić information content (AvgIpc) is 3.52. The summed E-state index contributed by atoms with van der Waals surface area (Å²) in [7, 11) is 0. The van der Waals surface area contributed by atoms with Crippen molar-refractivity contribution in [1.82, 2.24) is 4.90 Å². The Kier molecular flexibility index (Phi) is 6.12. The number of benzene rings is 4. The van der Waals surface area contributed by atoms with Gasteiger partial charge in [-0.25, -0.2) is 0 Å². The predicted octanol–water partition coefficient (Wildman–Crippen LogP) is 6.23. The van der Waals surface area contributed by atoms with Crippen LogP contribution >= 0.6 is 0 Å². The summed E-state index contributed by atoms with van der Waals surface area (Å²) in [5.74, 6) is -1.52. The van der Waals surface area contributed by atoms with Gasteiger partial charge in [-0.1, -0.05) is 97.6 Å². The van der Waals surface area contributed by atoms with Gasteiger partial charge in [0.05, 0.1) is 17.5 Å². The van der Waals surface area contributed by atoms with Crippen LogP contribution in [0.3, 0.4) is 0 Å². The van der Waals surface area contributed by atoms with Gasteiger partial charge in [0, 0.05) is 17.5 Å². The van der Waals surface area contributed by atoms with Crippen molar-refractivity contribution in [3.05, 3.63) is 150 Å². The fraction of sp³-hybridized carbons (Fsp3) is 0.139. The molecule has 0 aliphatic carbocycles. The second-order valence-electron chi connectivity index (χ2n) is 10.8. The number of ketones is 2. The van der Waals surface area contributed by atoms with E-state index in [-0.39, 0.29) is 24.1 Å².